The summed E-state index contributed by atoms with van der Waals surface area (Å²) in [5, 5.41) is 8.27. The molecule has 1 aromatic rings. The van der Waals surface area contributed by atoms with Crippen molar-refractivity contribution in [3.05, 3.63) is 11.3 Å². The summed E-state index contributed by atoms with van der Waals surface area (Å²) in [5.74, 6) is 2.10. The molecule has 0 saturated carbocycles. The van der Waals surface area contributed by atoms with E-state index in [1.54, 1.807) is 4.68 Å². The first-order valence-corrected chi connectivity index (χ1v) is 7.67. The molecule has 1 aromatic heterocycles. The molecule has 0 radical (unpaired) electrons. The van der Waals surface area contributed by atoms with E-state index in [2.05, 4.69) is 16.7 Å². The average Bonchev–Trinajstić information content (AvgIpc) is 2.49. The van der Waals surface area contributed by atoms with Crippen molar-refractivity contribution in [3.63, 3.8) is 0 Å². The van der Waals surface area contributed by atoms with Gasteiger partial charge < -0.3 is 11.1 Å². The van der Waals surface area contributed by atoms with Crippen LogP contribution in [0.3, 0.4) is 0 Å². The van der Waals surface area contributed by atoms with E-state index >= 15 is 0 Å². The van der Waals surface area contributed by atoms with Crippen LogP contribution in [-0.2, 0) is 12.8 Å². The second-order valence-corrected chi connectivity index (χ2v) is 5.55. The number of anilines is 1. The first kappa shape index (κ1) is 12.7. The molecule has 0 unspecified atom stereocenters. The Balaban J connectivity index is 2.35. The van der Waals surface area contributed by atoms with Gasteiger partial charge in [0.1, 0.15) is 5.82 Å². The molecule has 0 atom stereocenters. The van der Waals surface area contributed by atoms with Gasteiger partial charge in [0, 0.05) is 18.5 Å². The molecule has 6 heteroatoms. The maximum absolute atomic E-state index is 5.72. The van der Waals surface area contributed by atoms with Crippen molar-refractivity contribution in [1.29, 1.82) is 0 Å². The summed E-state index contributed by atoms with van der Waals surface area (Å²) in [5.41, 5.74) is 8.18. The van der Waals surface area contributed by atoms with Crippen LogP contribution in [0.2, 0.25) is 0 Å². The largest absolute Gasteiger partial charge is 0.374 e. The van der Waals surface area contributed by atoms with Gasteiger partial charge in [0.15, 0.2) is 5.11 Å². The Kier molecular flexibility index (Phi) is 4.28. The van der Waals surface area contributed by atoms with E-state index < -0.39 is 0 Å². The lowest BCUT2D eigenvalue weighted by molar-refractivity contribution is 0.770. The summed E-state index contributed by atoms with van der Waals surface area (Å²) in [6.07, 6.45) is 6.57. The van der Waals surface area contributed by atoms with Crippen LogP contribution in [0, 0.1) is 0 Å². The molecule has 0 amide bonds. The third kappa shape index (κ3) is 2.74. The zero-order valence-corrected chi connectivity index (χ0v) is 11.7. The number of hydrogen-bond donors (Lipinski definition) is 2. The lowest BCUT2D eigenvalue weighted by Crippen LogP contribution is -2.23. The van der Waals surface area contributed by atoms with Crippen molar-refractivity contribution < 1.29 is 0 Å². The second-order valence-electron chi connectivity index (χ2n) is 4.15. The number of rotatable bonds is 3. The smallest absolute Gasteiger partial charge is 0.193 e. The zero-order chi connectivity index (χ0) is 12.3. The average molecular weight is 270 g/mol. The number of nitrogens with zero attached hydrogens (tertiary/aromatic N) is 2. The second kappa shape index (κ2) is 5.73. The van der Waals surface area contributed by atoms with Crippen LogP contribution in [0.1, 0.15) is 24.1 Å². The van der Waals surface area contributed by atoms with Gasteiger partial charge >= 0.3 is 0 Å². The normalized spacial score (nSPS) is 14.9. The fourth-order valence-corrected chi connectivity index (χ4v) is 2.66. The summed E-state index contributed by atoms with van der Waals surface area (Å²) in [6, 6.07) is 0. The molecule has 1 aliphatic heterocycles. The molecule has 2 rings (SSSR count). The molecule has 3 N–H and O–H groups in total. The molecule has 0 bridgehead atoms. The van der Waals surface area contributed by atoms with E-state index in [0.29, 0.717) is 5.11 Å². The Labute approximate surface area is 111 Å². The number of aryl methyl sites for hydroxylation is 1. The Bertz CT molecular complexity index is 414. The Morgan fingerprint density at radius 3 is 3.12 bits per heavy atom. The van der Waals surface area contributed by atoms with Gasteiger partial charge in [0.2, 0.25) is 0 Å². The van der Waals surface area contributed by atoms with Gasteiger partial charge in [-0.05, 0) is 43.5 Å². The molecule has 94 valence electrons. The minimum atomic E-state index is 0.325. The summed E-state index contributed by atoms with van der Waals surface area (Å²) in [4.78, 5) is 0. The summed E-state index contributed by atoms with van der Waals surface area (Å²) in [6.45, 7) is 0.975. The summed E-state index contributed by atoms with van der Waals surface area (Å²) in [7, 11) is 0. The molecule has 2 heterocycles. The third-order valence-electron chi connectivity index (χ3n) is 2.96. The van der Waals surface area contributed by atoms with Crippen LogP contribution in [-0.4, -0.2) is 33.4 Å². The van der Waals surface area contributed by atoms with Crippen molar-refractivity contribution in [2.45, 2.75) is 25.7 Å². The lowest BCUT2D eigenvalue weighted by atomic mass is 10.1. The van der Waals surface area contributed by atoms with Gasteiger partial charge in [-0.15, -0.1) is 0 Å². The fraction of sp³-hybridized carbons (Fsp3) is 0.636. The molecule has 0 aromatic carbocycles. The standard InChI is InChI=1S/C11H18N4S2/c1-17-7-5-9-8-4-2-3-6-13-10(8)15(14-9)11(12)16/h13H,2-7H2,1H3,(H2,12,16). The van der Waals surface area contributed by atoms with Crippen molar-refractivity contribution in [2.24, 2.45) is 5.73 Å². The molecule has 4 nitrogen and oxygen atoms in total. The number of nitrogens with one attached hydrogen (secondary N) is 1. The monoisotopic (exact) mass is 270 g/mol. The van der Waals surface area contributed by atoms with Crippen LogP contribution < -0.4 is 11.1 Å². The van der Waals surface area contributed by atoms with Crippen molar-refractivity contribution in [3.8, 4) is 0 Å². The van der Waals surface area contributed by atoms with E-state index in [0.717, 1.165) is 36.7 Å². The maximum Gasteiger partial charge on any atom is 0.193 e. The van der Waals surface area contributed by atoms with Crippen LogP contribution in [0.4, 0.5) is 5.82 Å². The number of thiocarbonyl (C=S) groups is 1. The van der Waals surface area contributed by atoms with Crippen LogP contribution in [0.25, 0.3) is 0 Å². The van der Waals surface area contributed by atoms with E-state index in [9.17, 15) is 0 Å². The molecular formula is C11H18N4S2. The zero-order valence-electron chi connectivity index (χ0n) is 10.0. The fourth-order valence-electron chi connectivity index (χ4n) is 2.13. The van der Waals surface area contributed by atoms with E-state index in [-0.39, 0.29) is 0 Å². The first-order valence-electron chi connectivity index (χ1n) is 5.87. The van der Waals surface area contributed by atoms with E-state index in [1.807, 2.05) is 11.8 Å². The van der Waals surface area contributed by atoms with Crippen molar-refractivity contribution in [1.82, 2.24) is 9.78 Å². The lowest BCUT2D eigenvalue weighted by Gasteiger charge is -2.06. The third-order valence-corrected chi connectivity index (χ3v) is 3.75. The predicted octanol–water partition coefficient (Wildman–Crippen LogP) is 1.63. The molecule has 17 heavy (non-hydrogen) atoms. The van der Waals surface area contributed by atoms with Gasteiger partial charge in [0.05, 0.1) is 5.69 Å². The van der Waals surface area contributed by atoms with Gasteiger partial charge in [-0.2, -0.15) is 21.5 Å². The van der Waals surface area contributed by atoms with Crippen molar-refractivity contribution in [2.75, 3.05) is 23.9 Å². The number of aromatic nitrogens is 2. The van der Waals surface area contributed by atoms with Gasteiger partial charge in [-0.25, -0.2) is 0 Å². The Morgan fingerprint density at radius 2 is 2.41 bits per heavy atom. The first-order chi connectivity index (χ1) is 8.24. The highest BCUT2D eigenvalue weighted by Crippen LogP contribution is 2.25. The van der Waals surface area contributed by atoms with Gasteiger partial charge in [-0.1, -0.05) is 0 Å². The highest BCUT2D eigenvalue weighted by atomic mass is 32.2. The predicted molar refractivity (Wildman–Crippen MR) is 77.9 cm³/mol. The quantitative estimate of drug-likeness (QED) is 0.818. The van der Waals surface area contributed by atoms with E-state index in [1.165, 1.54) is 18.4 Å². The molecule has 1 aliphatic rings. The summed E-state index contributed by atoms with van der Waals surface area (Å²) < 4.78 is 1.69. The van der Waals surface area contributed by atoms with E-state index in [4.69, 9.17) is 18.0 Å². The van der Waals surface area contributed by atoms with Crippen LogP contribution in [0.5, 0.6) is 0 Å². The highest BCUT2D eigenvalue weighted by molar-refractivity contribution is 7.98. The van der Waals surface area contributed by atoms with Crippen LogP contribution >= 0.6 is 24.0 Å². The number of hydrogen-bond acceptors (Lipinski definition) is 4. The van der Waals surface area contributed by atoms with Gasteiger partial charge in [-0.3, -0.25) is 0 Å². The Hall–Kier alpha value is -0.750. The minimum Gasteiger partial charge on any atom is -0.374 e. The summed E-state index contributed by atoms with van der Waals surface area (Å²) >= 11 is 6.89. The molecule has 0 saturated heterocycles. The Morgan fingerprint density at radius 1 is 1.59 bits per heavy atom. The molecule has 0 spiro atoms. The maximum atomic E-state index is 5.72. The number of nitrogens with two attached hydrogens (primary N) is 1. The topological polar surface area (TPSA) is 55.9 Å². The van der Waals surface area contributed by atoms with Crippen molar-refractivity contribution >= 4 is 34.9 Å². The van der Waals surface area contributed by atoms with Gasteiger partial charge in [0.25, 0.3) is 0 Å². The van der Waals surface area contributed by atoms with Crippen LogP contribution in [0.15, 0.2) is 0 Å². The number of thioether (sulfide) groups is 1. The minimum absolute atomic E-state index is 0.325. The highest BCUT2D eigenvalue weighted by Gasteiger charge is 2.20. The SMILES string of the molecule is CSCCc1nn(C(N)=S)c2c1CCCCN2. The molecular weight excluding hydrogens is 252 g/mol. The molecule has 0 fully saturated rings. The molecule has 0 aliphatic carbocycles. The number of fused-ring (bicyclic) bond motifs is 1.